The molecule has 0 saturated heterocycles. The van der Waals surface area contributed by atoms with Gasteiger partial charge in [-0.3, -0.25) is 14.9 Å². The summed E-state index contributed by atoms with van der Waals surface area (Å²) in [5.41, 5.74) is 2.22. The Kier molecular flexibility index (Phi) is 3.59. The number of benzene rings is 1. The average Bonchev–Trinajstić information content (AvgIpc) is 2.13. The molecule has 1 aromatic carbocycles. The van der Waals surface area contributed by atoms with Crippen molar-refractivity contribution in [2.45, 2.75) is 6.18 Å². The number of amides is 1. The first-order valence-electron chi connectivity index (χ1n) is 3.99. The van der Waals surface area contributed by atoms with Gasteiger partial charge in [-0.05, 0) is 28.7 Å². The van der Waals surface area contributed by atoms with Gasteiger partial charge in [-0.2, -0.15) is 13.2 Å². The predicted molar refractivity (Wildman–Crippen MR) is 59.3 cm³/mol. The highest BCUT2D eigenvalue weighted by atomic mass is 127. The number of primary amides is 1. The lowest BCUT2D eigenvalue weighted by Gasteiger charge is -2.09. The standard InChI is InChI=1S/C8H4F3IN2O3/c9-8(10,11)3-1-4(12)6(7(13)15)5(2-3)14(16)17/h1-2H,(H2,13,15). The van der Waals surface area contributed by atoms with Crippen molar-refractivity contribution in [1.29, 1.82) is 0 Å². The second-order valence-electron chi connectivity index (χ2n) is 2.97. The van der Waals surface area contributed by atoms with Crippen LogP contribution in [0.2, 0.25) is 0 Å². The van der Waals surface area contributed by atoms with Crippen molar-refractivity contribution in [2.75, 3.05) is 0 Å². The molecule has 5 nitrogen and oxygen atoms in total. The van der Waals surface area contributed by atoms with E-state index in [0.717, 1.165) is 0 Å². The SMILES string of the molecule is NC(=O)c1c(I)cc(C(F)(F)F)cc1[N+](=O)[O-]. The molecule has 0 unspecified atom stereocenters. The summed E-state index contributed by atoms with van der Waals surface area (Å²) in [5.74, 6) is -1.14. The van der Waals surface area contributed by atoms with Crippen LogP contribution in [-0.4, -0.2) is 10.8 Å². The van der Waals surface area contributed by atoms with Gasteiger partial charge in [0.25, 0.3) is 11.6 Å². The van der Waals surface area contributed by atoms with E-state index in [0.29, 0.717) is 12.1 Å². The quantitative estimate of drug-likeness (QED) is 0.499. The third-order valence-electron chi connectivity index (χ3n) is 1.84. The largest absolute Gasteiger partial charge is 0.416 e. The topological polar surface area (TPSA) is 86.2 Å². The number of carbonyl (C=O) groups excluding carboxylic acids is 1. The van der Waals surface area contributed by atoms with Crippen LogP contribution < -0.4 is 5.73 Å². The number of rotatable bonds is 2. The Bertz CT molecular complexity index is 502. The van der Waals surface area contributed by atoms with Crippen molar-refractivity contribution in [3.63, 3.8) is 0 Å². The number of nitrogens with two attached hydrogens (primary N) is 1. The molecular weight excluding hydrogens is 356 g/mol. The van der Waals surface area contributed by atoms with E-state index in [4.69, 9.17) is 5.73 Å². The maximum Gasteiger partial charge on any atom is 0.416 e. The van der Waals surface area contributed by atoms with Crippen molar-refractivity contribution in [3.8, 4) is 0 Å². The molecule has 0 atom stereocenters. The van der Waals surface area contributed by atoms with Crippen LogP contribution in [0, 0.1) is 13.7 Å². The normalized spacial score (nSPS) is 11.3. The molecule has 0 aliphatic heterocycles. The molecule has 0 heterocycles. The first-order chi connectivity index (χ1) is 7.64. The lowest BCUT2D eigenvalue weighted by atomic mass is 10.1. The van der Waals surface area contributed by atoms with E-state index in [1.807, 2.05) is 0 Å². The molecule has 9 heteroatoms. The van der Waals surface area contributed by atoms with Crippen molar-refractivity contribution >= 4 is 34.2 Å². The second kappa shape index (κ2) is 4.47. The summed E-state index contributed by atoms with van der Waals surface area (Å²) in [6.45, 7) is 0. The van der Waals surface area contributed by atoms with E-state index in [1.54, 1.807) is 0 Å². The Hall–Kier alpha value is -1.39. The molecule has 2 N–H and O–H groups in total. The van der Waals surface area contributed by atoms with Crippen LogP contribution in [0.5, 0.6) is 0 Å². The molecule has 0 fully saturated rings. The Morgan fingerprint density at radius 2 is 1.94 bits per heavy atom. The van der Waals surface area contributed by atoms with Crippen LogP contribution in [0.15, 0.2) is 12.1 Å². The Balaban J connectivity index is 3.58. The molecule has 1 rings (SSSR count). The Labute approximate surface area is 106 Å². The number of carbonyl (C=O) groups is 1. The van der Waals surface area contributed by atoms with Crippen molar-refractivity contribution in [1.82, 2.24) is 0 Å². The van der Waals surface area contributed by atoms with Gasteiger partial charge in [-0.15, -0.1) is 0 Å². The van der Waals surface area contributed by atoms with Crippen LogP contribution in [0.4, 0.5) is 18.9 Å². The molecule has 1 amide bonds. The fourth-order valence-electron chi connectivity index (χ4n) is 1.14. The van der Waals surface area contributed by atoms with Crippen molar-refractivity contribution < 1.29 is 22.9 Å². The lowest BCUT2D eigenvalue weighted by Crippen LogP contribution is -2.17. The highest BCUT2D eigenvalue weighted by molar-refractivity contribution is 14.1. The molecule has 0 aliphatic rings. The van der Waals surface area contributed by atoms with E-state index in [9.17, 15) is 28.1 Å². The van der Waals surface area contributed by atoms with E-state index < -0.39 is 33.8 Å². The maximum atomic E-state index is 12.4. The van der Waals surface area contributed by atoms with E-state index in [-0.39, 0.29) is 3.57 Å². The molecule has 0 aromatic heterocycles. The summed E-state index contributed by atoms with van der Waals surface area (Å²) < 4.78 is 37.0. The minimum atomic E-state index is -4.72. The van der Waals surface area contributed by atoms with Crippen LogP contribution in [0.3, 0.4) is 0 Å². The number of alkyl halides is 3. The van der Waals surface area contributed by atoms with Crippen LogP contribution in [0.1, 0.15) is 15.9 Å². The first-order valence-corrected chi connectivity index (χ1v) is 5.07. The number of nitro groups is 1. The number of hydrogen-bond acceptors (Lipinski definition) is 3. The third kappa shape index (κ3) is 2.84. The number of halogens is 4. The molecule has 0 spiro atoms. The molecule has 1 aromatic rings. The first kappa shape index (κ1) is 13.7. The number of nitrogens with zero attached hydrogens (tertiary/aromatic N) is 1. The van der Waals surface area contributed by atoms with Gasteiger partial charge >= 0.3 is 6.18 Å². The van der Waals surface area contributed by atoms with Crippen molar-refractivity contribution in [3.05, 3.63) is 36.9 Å². The highest BCUT2D eigenvalue weighted by Gasteiger charge is 2.35. The average molecular weight is 360 g/mol. The predicted octanol–water partition coefficient (Wildman–Crippen LogP) is 2.32. The van der Waals surface area contributed by atoms with E-state index >= 15 is 0 Å². The summed E-state index contributed by atoms with van der Waals surface area (Å²) in [5, 5.41) is 10.6. The zero-order valence-corrected chi connectivity index (χ0v) is 10.1. The number of nitro benzene ring substituents is 1. The van der Waals surface area contributed by atoms with E-state index in [1.165, 1.54) is 22.6 Å². The minimum Gasteiger partial charge on any atom is -0.365 e. The van der Waals surface area contributed by atoms with Gasteiger partial charge in [0.15, 0.2) is 0 Å². The van der Waals surface area contributed by atoms with Crippen LogP contribution in [0.25, 0.3) is 0 Å². The van der Waals surface area contributed by atoms with E-state index in [2.05, 4.69) is 0 Å². The number of hydrogen-bond donors (Lipinski definition) is 1. The monoisotopic (exact) mass is 360 g/mol. The Morgan fingerprint density at radius 3 is 2.29 bits per heavy atom. The highest BCUT2D eigenvalue weighted by Crippen LogP contribution is 2.35. The van der Waals surface area contributed by atoms with Crippen molar-refractivity contribution in [2.24, 2.45) is 5.73 Å². The van der Waals surface area contributed by atoms with Gasteiger partial charge < -0.3 is 5.73 Å². The molecule has 0 aliphatic carbocycles. The summed E-state index contributed by atoms with van der Waals surface area (Å²) in [6.07, 6.45) is -4.72. The third-order valence-corrected chi connectivity index (χ3v) is 2.69. The van der Waals surface area contributed by atoms with Gasteiger partial charge in [0.05, 0.1) is 10.5 Å². The fraction of sp³-hybridized carbons (Fsp3) is 0.125. The van der Waals surface area contributed by atoms with Gasteiger partial charge in [-0.25, -0.2) is 0 Å². The fourth-order valence-corrected chi connectivity index (χ4v) is 2.02. The zero-order chi connectivity index (χ0) is 13.4. The maximum absolute atomic E-state index is 12.4. The Morgan fingerprint density at radius 1 is 1.41 bits per heavy atom. The summed E-state index contributed by atoms with van der Waals surface area (Å²) in [6, 6.07) is 0.926. The molecule has 0 radical (unpaired) electrons. The van der Waals surface area contributed by atoms with Gasteiger partial charge in [0, 0.05) is 9.64 Å². The summed E-state index contributed by atoms with van der Waals surface area (Å²) >= 11 is 1.39. The molecule has 17 heavy (non-hydrogen) atoms. The smallest absolute Gasteiger partial charge is 0.365 e. The van der Waals surface area contributed by atoms with Crippen LogP contribution >= 0.6 is 22.6 Å². The summed E-state index contributed by atoms with van der Waals surface area (Å²) in [4.78, 5) is 20.5. The van der Waals surface area contributed by atoms with Gasteiger partial charge in [-0.1, -0.05) is 0 Å². The summed E-state index contributed by atoms with van der Waals surface area (Å²) in [7, 11) is 0. The molecular formula is C8H4F3IN2O3. The molecule has 0 bridgehead atoms. The minimum absolute atomic E-state index is 0.211. The lowest BCUT2D eigenvalue weighted by molar-refractivity contribution is -0.385. The molecule has 92 valence electrons. The van der Waals surface area contributed by atoms with Gasteiger partial charge in [0.1, 0.15) is 5.56 Å². The van der Waals surface area contributed by atoms with Crippen LogP contribution in [-0.2, 0) is 6.18 Å². The molecule has 0 saturated carbocycles. The zero-order valence-electron chi connectivity index (χ0n) is 7.92. The second-order valence-corrected chi connectivity index (χ2v) is 4.13. The van der Waals surface area contributed by atoms with Gasteiger partial charge in [0.2, 0.25) is 0 Å².